The van der Waals surface area contributed by atoms with Crippen LogP contribution in [0, 0.1) is 5.82 Å². The lowest BCUT2D eigenvalue weighted by molar-refractivity contribution is -0.126. The first-order valence-corrected chi connectivity index (χ1v) is 9.71. The molecule has 2 unspecified atom stereocenters. The van der Waals surface area contributed by atoms with Crippen molar-refractivity contribution in [3.05, 3.63) is 59.9 Å². The van der Waals surface area contributed by atoms with Gasteiger partial charge in [-0.05, 0) is 49.7 Å². The number of carbonyl (C=O) groups excluding carboxylic acids is 1. The molecule has 3 rings (SSSR count). The Kier molecular flexibility index (Phi) is 6.87. The number of benzene rings is 2. The molecule has 1 N–H and O–H groups in total. The van der Waals surface area contributed by atoms with Crippen molar-refractivity contribution in [2.24, 2.45) is 0 Å². The van der Waals surface area contributed by atoms with E-state index >= 15 is 0 Å². The van der Waals surface area contributed by atoms with Crippen molar-refractivity contribution in [1.29, 1.82) is 0 Å². The molecule has 1 aliphatic heterocycles. The Labute approximate surface area is 165 Å². The lowest BCUT2D eigenvalue weighted by atomic mass is 10.1. The number of halogens is 1. The summed E-state index contributed by atoms with van der Waals surface area (Å²) in [6.45, 7) is 6.24. The Balaban J connectivity index is 1.48. The molecule has 1 heterocycles. The van der Waals surface area contributed by atoms with Gasteiger partial charge in [-0.2, -0.15) is 0 Å². The molecule has 2 aromatic carbocycles. The third-order valence-electron chi connectivity index (χ3n) is 4.97. The second kappa shape index (κ2) is 9.55. The zero-order valence-electron chi connectivity index (χ0n) is 16.4. The van der Waals surface area contributed by atoms with Crippen LogP contribution in [0.4, 0.5) is 4.39 Å². The molecule has 5 nitrogen and oxygen atoms in total. The highest BCUT2D eigenvalue weighted by Crippen LogP contribution is 2.31. The van der Waals surface area contributed by atoms with Gasteiger partial charge in [0.1, 0.15) is 18.5 Å². The Morgan fingerprint density at radius 1 is 1.21 bits per heavy atom. The van der Waals surface area contributed by atoms with Gasteiger partial charge in [0.05, 0.1) is 6.04 Å². The third-order valence-corrected chi connectivity index (χ3v) is 4.97. The summed E-state index contributed by atoms with van der Waals surface area (Å²) in [5.41, 5.74) is 0.994. The molecule has 28 heavy (non-hydrogen) atoms. The minimum absolute atomic E-state index is 0.0268. The van der Waals surface area contributed by atoms with E-state index in [0.717, 1.165) is 23.6 Å². The summed E-state index contributed by atoms with van der Waals surface area (Å²) in [5, 5.41) is 2.97. The van der Waals surface area contributed by atoms with Crippen LogP contribution < -0.4 is 14.8 Å². The molecule has 1 aliphatic rings. The number of likely N-dealkylation sites (N-methyl/N-ethyl adjacent to an activating group) is 1. The fourth-order valence-corrected chi connectivity index (χ4v) is 3.27. The molecule has 150 valence electrons. The van der Waals surface area contributed by atoms with Gasteiger partial charge in [-0.3, -0.25) is 9.69 Å². The molecule has 0 bridgehead atoms. The Morgan fingerprint density at radius 3 is 2.64 bits per heavy atom. The average Bonchev–Trinajstić information content (AvgIpc) is 2.72. The van der Waals surface area contributed by atoms with Gasteiger partial charge in [0.25, 0.3) is 0 Å². The van der Waals surface area contributed by atoms with Gasteiger partial charge >= 0.3 is 0 Å². The van der Waals surface area contributed by atoms with E-state index in [4.69, 9.17) is 9.47 Å². The molecule has 2 aromatic rings. The van der Waals surface area contributed by atoms with Crippen LogP contribution in [0.1, 0.15) is 19.4 Å². The van der Waals surface area contributed by atoms with Gasteiger partial charge in [0.15, 0.2) is 11.5 Å². The molecule has 0 saturated carbocycles. The zero-order chi connectivity index (χ0) is 19.9. The van der Waals surface area contributed by atoms with Gasteiger partial charge in [0.2, 0.25) is 5.91 Å². The molecule has 0 saturated heterocycles. The predicted octanol–water partition coefficient (Wildman–Crippen LogP) is 3.03. The molecule has 0 fully saturated rings. The van der Waals surface area contributed by atoms with Crippen LogP contribution in [0.5, 0.6) is 11.5 Å². The van der Waals surface area contributed by atoms with E-state index in [1.54, 1.807) is 12.1 Å². The summed E-state index contributed by atoms with van der Waals surface area (Å²) in [4.78, 5) is 14.6. The number of para-hydroxylation sites is 2. The van der Waals surface area contributed by atoms with E-state index in [-0.39, 0.29) is 23.9 Å². The van der Waals surface area contributed by atoms with E-state index in [0.29, 0.717) is 26.1 Å². The quantitative estimate of drug-likeness (QED) is 0.758. The number of amides is 1. The van der Waals surface area contributed by atoms with E-state index in [1.807, 2.05) is 38.1 Å². The van der Waals surface area contributed by atoms with Crippen LogP contribution in [0.2, 0.25) is 0 Å². The van der Waals surface area contributed by atoms with Crippen molar-refractivity contribution >= 4 is 5.91 Å². The van der Waals surface area contributed by atoms with Gasteiger partial charge in [0, 0.05) is 13.1 Å². The monoisotopic (exact) mass is 386 g/mol. The fourth-order valence-electron chi connectivity index (χ4n) is 3.27. The number of nitrogens with zero attached hydrogens (tertiary/aromatic N) is 1. The van der Waals surface area contributed by atoms with E-state index in [2.05, 4.69) is 10.2 Å². The van der Waals surface area contributed by atoms with Crippen molar-refractivity contribution < 1.29 is 18.7 Å². The summed E-state index contributed by atoms with van der Waals surface area (Å²) in [6.07, 6.45) is 0.547. The van der Waals surface area contributed by atoms with E-state index < -0.39 is 0 Å². The lowest BCUT2D eigenvalue weighted by Crippen LogP contribution is -2.50. The van der Waals surface area contributed by atoms with E-state index in [9.17, 15) is 9.18 Å². The second-order valence-electron chi connectivity index (χ2n) is 6.93. The molecule has 0 radical (unpaired) electrons. The average molecular weight is 386 g/mol. The first-order chi connectivity index (χ1) is 13.6. The van der Waals surface area contributed by atoms with Crippen LogP contribution >= 0.6 is 0 Å². The van der Waals surface area contributed by atoms with Gasteiger partial charge in [-0.15, -0.1) is 0 Å². The standard InChI is InChI=1S/C22H27FN2O3/c1-3-25(14-19-15-27-20-6-4-5-7-21(20)28-19)16(2)22(26)24-13-12-17-8-10-18(23)11-9-17/h4-11,16,19H,3,12-15H2,1-2H3,(H,24,26). The predicted molar refractivity (Wildman–Crippen MR) is 106 cm³/mol. The first-order valence-electron chi connectivity index (χ1n) is 9.71. The van der Waals surface area contributed by atoms with Crippen LogP contribution in [0.3, 0.4) is 0 Å². The number of hydrogen-bond acceptors (Lipinski definition) is 4. The molecule has 1 amide bonds. The van der Waals surface area contributed by atoms with Crippen LogP contribution in [-0.4, -0.2) is 49.2 Å². The maximum atomic E-state index is 13.0. The van der Waals surface area contributed by atoms with Gasteiger partial charge < -0.3 is 14.8 Å². The number of carbonyl (C=O) groups is 1. The smallest absolute Gasteiger partial charge is 0.237 e. The summed E-state index contributed by atoms with van der Waals surface area (Å²) in [5.74, 6) is 1.22. The second-order valence-corrected chi connectivity index (χ2v) is 6.93. The Hall–Kier alpha value is -2.60. The normalized spacial score (nSPS) is 16.6. The largest absolute Gasteiger partial charge is 0.486 e. The molecular weight excluding hydrogens is 359 g/mol. The number of fused-ring (bicyclic) bond motifs is 1. The maximum Gasteiger partial charge on any atom is 0.237 e. The number of ether oxygens (including phenoxy) is 2. The Bertz CT molecular complexity index is 782. The topological polar surface area (TPSA) is 50.8 Å². The minimum Gasteiger partial charge on any atom is -0.486 e. The molecule has 2 atom stereocenters. The molecular formula is C22H27FN2O3. The van der Waals surface area contributed by atoms with Crippen LogP contribution in [0.15, 0.2) is 48.5 Å². The fraction of sp³-hybridized carbons (Fsp3) is 0.409. The van der Waals surface area contributed by atoms with Crippen molar-refractivity contribution in [3.63, 3.8) is 0 Å². The number of nitrogens with one attached hydrogen (secondary N) is 1. The third kappa shape index (κ3) is 5.23. The van der Waals surface area contributed by atoms with Crippen molar-refractivity contribution in [2.45, 2.75) is 32.4 Å². The van der Waals surface area contributed by atoms with Gasteiger partial charge in [-0.25, -0.2) is 4.39 Å². The van der Waals surface area contributed by atoms with Crippen LogP contribution in [-0.2, 0) is 11.2 Å². The SMILES string of the molecule is CCN(CC1COc2ccccc2O1)C(C)C(=O)NCCc1ccc(F)cc1. The first kappa shape index (κ1) is 20.1. The summed E-state index contributed by atoms with van der Waals surface area (Å²) >= 11 is 0. The number of rotatable bonds is 8. The van der Waals surface area contributed by atoms with Crippen LogP contribution in [0.25, 0.3) is 0 Å². The van der Waals surface area contributed by atoms with Crippen molar-refractivity contribution in [2.75, 3.05) is 26.2 Å². The summed E-state index contributed by atoms with van der Waals surface area (Å²) in [6, 6.07) is 13.7. The summed E-state index contributed by atoms with van der Waals surface area (Å²) < 4.78 is 24.7. The highest BCUT2D eigenvalue weighted by Gasteiger charge is 2.27. The van der Waals surface area contributed by atoms with E-state index in [1.165, 1.54) is 12.1 Å². The summed E-state index contributed by atoms with van der Waals surface area (Å²) in [7, 11) is 0. The van der Waals surface area contributed by atoms with Gasteiger partial charge in [-0.1, -0.05) is 31.2 Å². The zero-order valence-corrected chi connectivity index (χ0v) is 16.4. The molecule has 6 heteroatoms. The molecule has 0 aliphatic carbocycles. The maximum absolute atomic E-state index is 13.0. The lowest BCUT2D eigenvalue weighted by Gasteiger charge is -2.33. The Morgan fingerprint density at radius 2 is 1.93 bits per heavy atom. The number of hydrogen-bond donors (Lipinski definition) is 1. The molecule has 0 spiro atoms. The minimum atomic E-state index is -0.279. The van der Waals surface area contributed by atoms with Crippen molar-refractivity contribution in [3.8, 4) is 11.5 Å². The van der Waals surface area contributed by atoms with Crippen molar-refractivity contribution in [1.82, 2.24) is 10.2 Å². The highest BCUT2D eigenvalue weighted by molar-refractivity contribution is 5.81. The molecule has 0 aromatic heterocycles. The highest BCUT2D eigenvalue weighted by atomic mass is 19.1.